The number of nitrogens with zero attached hydrogens (tertiary/aromatic N) is 4. The number of aromatic nitrogens is 3. The Bertz CT molecular complexity index is 735. The molecule has 0 N–H and O–H groups in total. The van der Waals surface area contributed by atoms with Gasteiger partial charge in [0.2, 0.25) is 0 Å². The van der Waals surface area contributed by atoms with Crippen molar-refractivity contribution in [2.24, 2.45) is 0 Å². The van der Waals surface area contributed by atoms with Crippen molar-refractivity contribution in [1.29, 1.82) is 0 Å². The summed E-state index contributed by atoms with van der Waals surface area (Å²) in [5, 5.41) is 8.71. The van der Waals surface area contributed by atoms with Crippen molar-refractivity contribution < 1.29 is 8.78 Å². The highest BCUT2D eigenvalue weighted by atomic mass is 19.1. The van der Waals surface area contributed by atoms with Gasteiger partial charge in [0.05, 0.1) is 0 Å². The molecule has 1 unspecified atom stereocenters. The van der Waals surface area contributed by atoms with Gasteiger partial charge in [-0.25, -0.2) is 8.78 Å². The van der Waals surface area contributed by atoms with Crippen molar-refractivity contribution in [3.05, 3.63) is 47.0 Å². The van der Waals surface area contributed by atoms with E-state index in [4.69, 9.17) is 0 Å². The van der Waals surface area contributed by atoms with E-state index in [1.807, 2.05) is 6.92 Å². The second-order valence-electron chi connectivity index (χ2n) is 6.88. The van der Waals surface area contributed by atoms with Crippen molar-refractivity contribution in [3.63, 3.8) is 0 Å². The zero-order valence-electron chi connectivity index (χ0n) is 13.9. The van der Waals surface area contributed by atoms with E-state index in [-0.39, 0.29) is 6.04 Å². The molecule has 0 radical (unpaired) electrons. The topological polar surface area (TPSA) is 34.0 Å². The molecule has 4 rings (SSSR count). The Hall–Kier alpha value is -1.82. The second kappa shape index (κ2) is 6.24. The molecule has 0 spiro atoms. The SMILES string of the molecule is CC(c1ccc(F)cc1F)N1CCC(c2nnc3n2CCC3)CC1. The molecule has 0 aliphatic carbocycles. The zero-order chi connectivity index (χ0) is 16.7. The Morgan fingerprint density at radius 2 is 1.92 bits per heavy atom. The minimum Gasteiger partial charge on any atom is -0.315 e. The first-order chi connectivity index (χ1) is 11.6. The first-order valence-electron chi connectivity index (χ1n) is 8.74. The lowest BCUT2D eigenvalue weighted by atomic mass is 9.93. The molecule has 1 aromatic heterocycles. The quantitative estimate of drug-likeness (QED) is 0.863. The molecule has 6 heteroatoms. The van der Waals surface area contributed by atoms with Crippen LogP contribution in [0.5, 0.6) is 0 Å². The van der Waals surface area contributed by atoms with E-state index in [1.54, 1.807) is 6.07 Å². The fraction of sp³-hybridized carbons (Fsp3) is 0.556. The Kier molecular flexibility index (Phi) is 4.08. The molecule has 2 aliphatic rings. The molecule has 2 aliphatic heterocycles. The predicted octanol–water partition coefficient (Wildman–Crippen LogP) is 3.44. The van der Waals surface area contributed by atoms with Gasteiger partial charge in [-0.2, -0.15) is 0 Å². The molecular weight excluding hydrogens is 310 g/mol. The van der Waals surface area contributed by atoms with Crippen LogP contribution in [0.25, 0.3) is 0 Å². The lowest BCUT2D eigenvalue weighted by Gasteiger charge is -2.36. The largest absolute Gasteiger partial charge is 0.315 e. The van der Waals surface area contributed by atoms with Crippen LogP contribution in [0.15, 0.2) is 18.2 Å². The molecule has 3 heterocycles. The van der Waals surface area contributed by atoms with Crippen molar-refractivity contribution >= 4 is 0 Å². The van der Waals surface area contributed by atoms with Gasteiger partial charge in [0.1, 0.15) is 23.3 Å². The van der Waals surface area contributed by atoms with Crippen LogP contribution in [0.3, 0.4) is 0 Å². The smallest absolute Gasteiger partial charge is 0.136 e. The van der Waals surface area contributed by atoms with Gasteiger partial charge in [0.25, 0.3) is 0 Å². The summed E-state index contributed by atoms with van der Waals surface area (Å²) >= 11 is 0. The lowest BCUT2D eigenvalue weighted by molar-refractivity contribution is 0.156. The number of likely N-dealkylation sites (tertiary alicyclic amines) is 1. The summed E-state index contributed by atoms with van der Waals surface area (Å²) in [7, 11) is 0. The van der Waals surface area contributed by atoms with Crippen molar-refractivity contribution in [1.82, 2.24) is 19.7 Å². The third kappa shape index (κ3) is 2.73. The Labute approximate surface area is 140 Å². The van der Waals surface area contributed by atoms with Gasteiger partial charge in [-0.05, 0) is 45.3 Å². The third-order valence-corrected chi connectivity index (χ3v) is 5.49. The molecule has 24 heavy (non-hydrogen) atoms. The monoisotopic (exact) mass is 332 g/mol. The highest BCUT2D eigenvalue weighted by Crippen LogP contribution is 2.33. The molecule has 1 fully saturated rings. The number of aryl methyl sites for hydroxylation is 1. The summed E-state index contributed by atoms with van der Waals surface area (Å²) in [6.45, 7) is 4.82. The lowest BCUT2D eigenvalue weighted by Crippen LogP contribution is -2.36. The average molecular weight is 332 g/mol. The number of fused-ring (bicyclic) bond motifs is 1. The van der Waals surface area contributed by atoms with Gasteiger partial charge in [-0.1, -0.05) is 6.07 Å². The van der Waals surface area contributed by atoms with Gasteiger partial charge in [0.15, 0.2) is 0 Å². The van der Waals surface area contributed by atoms with Gasteiger partial charge < -0.3 is 4.57 Å². The van der Waals surface area contributed by atoms with Crippen LogP contribution in [0.1, 0.15) is 55.4 Å². The van der Waals surface area contributed by atoms with Gasteiger partial charge >= 0.3 is 0 Å². The van der Waals surface area contributed by atoms with Gasteiger partial charge in [0, 0.05) is 36.6 Å². The maximum absolute atomic E-state index is 14.0. The third-order valence-electron chi connectivity index (χ3n) is 5.49. The van der Waals surface area contributed by atoms with Crippen molar-refractivity contribution in [2.75, 3.05) is 13.1 Å². The highest BCUT2D eigenvalue weighted by molar-refractivity contribution is 5.22. The summed E-state index contributed by atoms with van der Waals surface area (Å²) in [6.07, 6.45) is 4.21. The Balaban J connectivity index is 1.44. The van der Waals surface area contributed by atoms with Crippen LogP contribution in [0, 0.1) is 11.6 Å². The average Bonchev–Trinajstić information content (AvgIpc) is 3.18. The van der Waals surface area contributed by atoms with Crippen LogP contribution in [-0.4, -0.2) is 32.8 Å². The van der Waals surface area contributed by atoms with E-state index in [1.165, 1.54) is 6.07 Å². The molecule has 0 saturated carbocycles. The van der Waals surface area contributed by atoms with E-state index in [9.17, 15) is 8.78 Å². The van der Waals surface area contributed by atoms with Gasteiger partial charge in [-0.3, -0.25) is 4.90 Å². The molecule has 2 aromatic rings. The minimum atomic E-state index is -0.525. The summed E-state index contributed by atoms with van der Waals surface area (Å²) in [5.74, 6) is 1.70. The molecule has 0 amide bonds. The maximum Gasteiger partial charge on any atom is 0.136 e. The van der Waals surface area contributed by atoms with E-state index in [0.717, 1.165) is 63.0 Å². The van der Waals surface area contributed by atoms with E-state index in [2.05, 4.69) is 19.7 Å². The molecular formula is C18H22F2N4. The normalized spacial score (nSPS) is 20.3. The number of halogens is 2. The van der Waals surface area contributed by atoms with Crippen LogP contribution >= 0.6 is 0 Å². The molecule has 1 aromatic carbocycles. The Morgan fingerprint density at radius 3 is 2.67 bits per heavy atom. The first-order valence-corrected chi connectivity index (χ1v) is 8.74. The summed E-state index contributed by atoms with van der Waals surface area (Å²) in [5.41, 5.74) is 0.568. The fourth-order valence-corrected chi connectivity index (χ4v) is 4.06. The number of hydrogen-bond donors (Lipinski definition) is 0. The maximum atomic E-state index is 14.0. The predicted molar refractivity (Wildman–Crippen MR) is 86.7 cm³/mol. The number of benzene rings is 1. The second-order valence-corrected chi connectivity index (χ2v) is 6.88. The standard InChI is InChI=1S/C18H22F2N4/c1-12(15-5-4-14(19)11-16(15)20)23-9-6-13(7-10-23)18-22-21-17-3-2-8-24(17)18/h4-5,11-13H,2-3,6-10H2,1H3. The van der Waals surface area contributed by atoms with E-state index >= 15 is 0 Å². The number of hydrogen-bond acceptors (Lipinski definition) is 3. The molecule has 4 nitrogen and oxygen atoms in total. The van der Waals surface area contributed by atoms with E-state index in [0.29, 0.717) is 11.5 Å². The summed E-state index contributed by atoms with van der Waals surface area (Å²) in [4.78, 5) is 2.27. The molecule has 128 valence electrons. The summed E-state index contributed by atoms with van der Waals surface area (Å²) < 4.78 is 29.4. The van der Waals surface area contributed by atoms with Crippen LogP contribution in [0.2, 0.25) is 0 Å². The minimum absolute atomic E-state index is 0.0457. The van der Waals surface area contributed by atoms with Crippen LogP contribution in [-0.2, 0) is 13.0 Å². The van der Waals surface area contributed by atoms with Gasteiger partial charge in [-0.15, -0.1) is 10.2 Å². The highest BCUT2D eigenvalue weighted by Gasteiger charge is 2.30. The Morgan fingerprint density at radius 1 is 1.12 bits per heavy atom. The molecule has 1 saturated heterocycles. The zero-order valence-corrected chi connectivity index (χ0v) is 13.9. The summed E-state index contributed by atoms with van der Waals surface area (Å²) in [6, 6.07) is 3.82. The number of piperidine rings is 1. The van der Waals surface area contributed by atoms with Crippen LogP contribution < -0.4 is 0 Å². The fourth-order valence-electron chi connectivity index (χ4n) is 4.06. The number of rotatable bonds is 3. The van der Waals surface area contributed by atoms with Crippen molar-refractivity contribution in [2.45, 2.75) is 51.1 Å². The first kappa shape index (κ1) is 15.7. The van der Waals surface area contributed by atoms with E-state index < -0.39 is 11.6 Å². The van der Waals surface area contributed by atoms with Crippen molar-refractivity contribution in [3.8, 4) is 0 Å². The molecule has 1 atom stereocenters. The molecule has 0 bridgehead atoms. The van der Waals surface area contributed by atoms with Crippen LogP contribution in [0.4, 0.5) is 8.78 Å².